The quantitative estimate of drug-likeness (QED) is 0.805. The fraction of sp³-hybridized carbons (Fsp3) is 0.583. The molecule has 0 aliphatic rings. The fourth-order valence-electron chi connectivity index (χ4n) is 1.78. The summed E-state index contributed by atoms with van der Waals surface area (Å²) in [6.45, 7) is 7.97. The highest BCUT2D eigenvalue weighted by Crippen LogP contribution is 2.24. The van der Waals surface area contributed by atoms with Crippen molar-refractivity contribution in [2.45, 2.75) is 32.6 Å². The Labute approximate surface area is 117 Å². The van der Waals surface area contributed by atoms with Crippen LogP contribution in [-0.2, 0) is 9.05 Å². The molecule has 1 aromatic rings. The van der Waals surface area contributed by atoms with Gasteiger partial charge in [0.25, 0.3) is 15.0 Å². The van der Waals surface area contributed by atoms with Crippen LogP contribution in [0, 0.1) is 12.3 Å². The third-order valence-corrected chi connectivity index (χ3v) is 3.83. The van der Waals surface area contributed by atoms with Crippen LogP contribution in [0.2, 0.25) is 0 Å². The molecule has 1 heterocycles. The zero-order chi connectivity index (χ0) is 15.0. The van der Waals surface area contributed by atoms with Gasteiger partial charge < -0.3 is 9.32 Å². The molecular formula is C12H18ClNO4S. The second-order valence-electron chi connectivity index (χ2n) is 5.69. The number of rotatable bonds is 3. The van der Waals surface area contributed by atoms with Crippen LogP contribution in [0.3, 0.4) is 0 Å². The predicted molar refractivity (Wildman–Crippen MR) is 72.9 cm³/mol. The lowest BCUT2D eigenvalue weighted by Gasteiger charge is -2.25. The van der Waals surface area contributed by atoms with Crippen LogP contribution in [0.1, 0.15) is 37.1 Å². The Bertz CT molecular complexity index is 583. The van der Waals surface area contributed by atoms with E-state index in [0.717, 1.165) is 0 Å². The van der Waals surface area contributed by atoms with Crippen molar-refractivity contribution in [2.75, 3.05) is 13.6 Å². The lowest BCUT2D eigenvalue weighted by molar-refractivity contribution is 0.0712. The standard InChI is InChI=1S/C12H18ClNO4S/c1-8-10(19(13,16)17)6-9(18-8)11(15)14(5)7-12(2,3)4/h6H,7H2,1-5H3. The molecule has 0 N–H and O–H groups in total. The smallest absolute Gasteiger partial charge is 0.289 e. The maximum atomic E-state index is 12.1. The van der Waals surface area contributed by atoms with Gasteiger partial charge in [-0.05, 0) is 12.3 Å². The van der Waals surface area contributed by atoms with Crippen molar-refractivity contribution in [3.05, 3.63) is 17.6 Å². The zero-order valence-corrected chi connectivity index (χ0v) is 13.2. The molecule has 0 aliphatic carbocycles. The van der Waals surface area contributed by atoms with Gasteiger partial charge in [-0.3, -0.25) is 4.79 Å². The number of hydrogen-bond donors (Lipinski definition) is 0. The molecule has 1 rings (SSSR count). The molecule has 108 valence electrons. The number of nitrogens with zero attached hydrogens (tertiary/aromatic N) is 1. The van der Waals surface area contributed by atoms with Crippen LogP contribution < -0.4 is 0 Å². The molecule has 7 heteroatoms. The molecule has 5 nitrogen and oxygen atoms in total. The highest BCUT2D eigenvalue weighted by Gasteiger charge is 2.25. The van der Waals surface area contributed by atoms with Crippen molar-refractivity contribution >= 4 is 25.6 Å². The van der Waals surface area contributed by atoms with Gasteiger partial charge in [0, 0.05) is 30.3 Å². The van der Waals surface area contributed by atoms with E-state index in [-0.39, 0.29) is 27.7 Å². The van der Waals surface area contributed by atoms with Crippen molar-refractivity contribution in [3.63, 3.8) is 0 Å². The Morgan fingerprint density at radius 3 is 2.32 bits per heavy atom. The molecular weight excluding hydrogens is 290 g/mol. The van der Waals surface area contributed by atoms with E-state index in [0.29, 0.717) is 6.54 Å². The summed E-state index contributed by atoms with van der Waals surface area (Å²) in [4.78, 5) is 13.4. The number of halogens is 1. The van der Waals surface area contributed by atoms with Gasteiger partial charge in [-0.15, -0.1) is 0 Å². The van der Waals surface area contributed by atoms with E-state index < -0.39 is 9.05 Å². The minimum Gasteiger partial charge on any atom is -0.455 e. The van der Waals surface area contributed by atoms with Crippen LogP contribution in [0.4, 0.5) is 0 Å². The molecule has 0 saturated carbocycles. The third kappa shape index (κ3) is 4.24. The summed E-state index contributed by atoms with van der Waals surface area (Å²) in [6.07, 6.45) is 0. The van der Waals surface area contributed by atoms with Gasteiger partial charge in [-0.2, -0.15) is 0 Å². The van der Waals surface area contributed by atoms with Gasteiger partial charge in [0.1, 0.15) is 10.7 Å². The van der Waals surface area contributed by atoms with Crippen molar-refractivity contribution < 1.29 is 17.6 Å². The number of carbonyl (C=O) groups is 1. The summed E-state index contributed by atoms with van der Waals surface area (Å²) >= 11 is 0. The van der Waals surface area contributed by atoms with Gasteiger partial charge in [0.15, 0.2) is 5.76 Å². The van der Waals surface area contributed by atoms with Crippen LogP contribution in [0.5, 0.6) is 0 Å². The highest BCUT2D eigenvalue weighted by molar-refractivity contribution is 8.13. The Morgan fingerprint density at radius 2 is 1.95 bits per heavy atom. The second kappa shape index (κ2) is 5.17. The molecule has 19 heavy (non-hydrogen) atoms. The third-order valence-electron chi connectivity index (χ3n) is 2.40. The molecule has 1 aromatic heterocycles. The van der Waals surface area contributed by atoms with E-state index in [1.165, 1.54) is 17.9 Å². The van der Waals surface area contributed by atoms with E-state index >= 15 is 0 Å². The van der Waals surface area contributed by atoms with E-state index in [1.807, 2.05) is 20.8 Å². The lowest BCUT2D eigenvalue weighted by atomic mass is 9.96. The molecule has 0 bridgehead atoms. The van der Waals surface area contributed by atoms with Gasteiger partial charge in [-0.1, -0.05) is 20.8 Å². The maximum Gasteiger partial charge on any atom is 0.289 e. The number of furan rings is 1. The van der Waals surface area contributed by atoms with E-state index in [9.17, 15) is 13.2 Å². The van der Waals surface area contributed by atoms with E-state index in [1.54, 1.807) is 7.05 Å². The number of carbonyl (C=O) groups excluding carboxylic acids is 1. The van der Waals surface area contributed by atoms with Gasteiger partial charge in [0.2, 0.25) is 0 Å². The maximum absolute atomic E-state index is 12.1. The minimum atomic E-state index is -3.90. The first-order valence-corrected chi connectivity index (χ1v) is 8.03. The molecule has 0 unspecified atom stereocenters. The first kappa shape index (κ1) is 16.0. The topological polar surface area (TPSA) is 67.6 Å². The summed E-state index contributed by atoms with van der Waals surface area (Å²) < 4.78 is 27.7. The Hall–Kier alpha value is -1.01. The molecule has 0 aromatic carbocycles. The van der Waals surface area contributed by atoms with Crippen LogP contribution in [-0.4, -0.2) is 32.8 Å². The molecule has 0 saturated heterocycles. The number of aryl methyl sites for hydroxylation is 1. The van der Waals surface area contributed by atoms with Crippen LogP contribution >= 0.6 is 10.7 Å². The molecule has 1 amide bonds. The zero-order valence-electron chi connectivity index (χ0n) is 11.7. The molecule has 0 spiro atoms. The number of hydrogen-bond acceptors (Lipinski definition) is 4. The fourth-order valence-corrected chi connectivity index (χ4v) is 2.88. The molecule has 0 radical (unpaired) electrons. The normalized spacial score (nSPS) is 12.5. The lowest BCUT2D eigenvalue weighted by Crippen LogP contribution is -2.34. The Kier molecular flexibility index (Phi) is 4.37. The van der Waals surface area contributed by atoms with Crippen molar-refractivity contribution in [3.8, 4) is 0 Å². The van der Waals surface area contributed by atoms with E-state index in [4.69, 9.17) is 15.1 Å². The second-order valence-corrected chi connectivity index (χ2v) is 8.23. The first-order chi connectivity index (χ1) is 8.42. The van der Waals surface area contributed by atoms with Crippen molar-refractivity contribution in [1.82, 2.24) is 4.90 Å². The van der Waals surface area contributed by atoms with Crippen molar-refractivity contribution in [1.29, 1.82) is 0 Å². The summed E-state index contributed by atoms with van der Waals surface area (Å²) in [5.41, 5.74) is -0.0621. The summed E-state index contributed by atoms with van der Waals surface area (Å²) in [6, 6.07) is 1.17. The Morgan fingerprint density at radius 1 is 1.42 bits per heavy atom. The average Bonchev–Trinajstić information content (AvgIpc) is 2.55. The SMILES string of the molecule is Cc1oc(C(=O)N(C)CC(C)(C)C)cc1S(=O)(=O)Cl. The summed E-state index contributed by atoms with van der Waals surface area (Å²) in [5, 5.41) is 0. The van der Waals surface area contributed by atoms with Gasteiger partial charge in [-0.25, -0.2) is 8.42 Å². The minimum absolute atomic E-state index is 0.0246. The Balaban J connectivity index is 3.03. The van der Waals surface area contributed by atoms with Gasteiger partial charge >= 0.3 is 0 Å². The number of amides is 1. The summed E-state index contributed by atoms with van der Waals surface area (Å²) in [5.74, 6) is -0.282. The van der Waals surface area contributed by atoms with Crippen LogP contribution in [0.25, 0.3) is 0 Å². The summed E-state index contributed by atoms with van der Waals surface area (Å²) in [7, 11) is 3.00. The average molecular weight is 308 g/mol. The molecule has 0 aliphatic heterocycles. The largest absolute Gasteiger partial charge is 0.455 e. The monoisotopic (exact) mass is 307 g/mol. The predicted octanol–water partition coefficient (Wildman–Crippen LogP) is 2.63. The molecule has 0 atom stereocenters. The van der Waals surface area contributed by atoms with Gasteiger partial charge in [0.05, 0.1) is 0 Å². The first-order valence-electron chi connectivity index (χ1n) is 5.72. The van der Waals surface area contributed by atoms with Crippen LogP contribution in [0.15, 0.2) is 15.4 Å². The highest BCUT2D eigenvalue weighted by atomic mass is 35.7. The molecule has 0 fully saturated rings. The van der Waals surface area contributed by atoms with E-state index in [2.05, 4.69) is 0 Å². The van der Waals surface area contributed by atoms with Crippen molar-refractivity contribution in [2.24, 2.45) is 5.41 Å².